The highest BCUT2D eigenvalue weighted by Gasteiger charge is 2.16. The summed E-state index contributed by atoms with van der Waals surface area (Å²) >= 11 is 0. The number of fused-ring (bicyclic) bond motifs is 6. The Hall–Kier alpha value is -6.64. The third kappa shape index (κ3) is 4.57. The number of nitrogens with zero attached hydrogens (tertiary/aromatic N) is 2. The zero-order valence-electron chi connectivity index (χ0n) is 33.8. The Bertz CT molecular complexity index is 3230. The number of hydrogen-bond donors (Lipinski definition) is 0. The molecule has 0 radical (unpaired) electrons. The minimum atomic E-state index is -0.415. The van der Waals surface area contributed by atoms with Crippen LogP contribution in [0.25, 0.3) is 88.4 Å². The van der Waals surface area contributed by atoms with E-state index in [2.05, 4.69) is 94.1 Å². The number of hydrogen-bond acceptors (Lipinski definition) is 0. The van der Waals surface area contributed by atoms with Gasteiger partial charge in [0.05, 0.1) is 31.7 Å². The molecule has 0 spiro atoms. The first kappa shape index (κ1) is 22.1. The van der Waals surface area contributed by atoms with Gasteiger partial charge in [0.1, 0.15) is 0 Å². The summed E-state index contributed by atoms with van der Waals surface area (Å²) in [6, 6.07) is 49.9. The molecule has 0 aliphatic heterocycles. The van der Waals surface area contributed by atoms with Crippen LogP contribution in [-0.2, 0) is 0 Å². The van der Waals surface area contributed by atoms with Crippen LogP contribution in [0.4, 0.5) is 0 Å². The van der Waals surface area contributed by atoms with E-state index >= 15 is 0 Å². The van der Waals surface area contributed by atoms with Gasteiger partial charge in [-0.2, -0.15) is 0 Å². The van der Waals surface area contributed by atoms with E-state index in [1.165, 1.54) is 0 Å². The van der Waals surface area contributed by atoms with Crippen molar-refractivity contribution in [3.8, 4) is 44.8 Å². The predicted molar refractivity (Wildman–Crippen MR) is 211 cm³/mol. The van der Waals surface area contributed by atoms with Crippen LogP contribution in [0.1, 0.15) is 9.60 Å². The highest BCUT2D eigenvalue weighted by atomic mass is 15.0. The van der Waals surface area contributed by atoms with Crippen LogP contribution >= 0.6 is 0 Å². The van der Waals surface area contributed by atoms with E-state index in [1.54, 1.807) is 18.2 Å². The summed E-state index contributed by atoms with van der Waals surface area (Å²) in [6.07, 6.45) is 0. The van der Waals surface area contributed by atoms with Crippen LogP contribution in [0.3, 0.4) is 0 Å². The van der Waals surface area contributed by atoms with Gasteiger partial charge in [-0.1, -0.05) is 133 Å². The molecular weight excluding hydrogens is 605 g/mol. The van der Waals surface area contributed by atoms with Crippen molar-refractivity contribution in [1.29, 1.82) is 0 Å². The Kier molecular flexibility index (Phi) is 5.08. The van der Waals surface area contributed by atoms with Crippen LogP contribution in [0.15, 0.2) is 194 Å². The molecule has 234 valence electrons. The topological polar surface area (TPSA) is 9.86 Å². The van der Waals surface area contributed by atoms with Crippen molar-refractivity contribution in [2.24, 2.45) is 0 Å². The number of benzene rings is 8. The van der Waals surface area contributed by atoms with E-state index in [-0.39, 0.29) is 29.7 Å². The molecule has 0 aliphatic carbocycles. The highest BCUT2D eigenvalue weighted by molar-refractivity contribution is 6.12. The molecule has 0 amide bonds. The lowest BCUT2D eigenvalue weighted by molar-refractivity contribution is 1.18. The molecule has 2 nitrogen and oxygen atoms in total. The summed E-state index contributed by atoms with van der Waals surface area (Å²) in [7, 11) is 0. The molecular formula is C48H32N2. The number of rotatable bonds is 5. The summed E-state index contributed by atoms with van der Waals surface area (Å²) in [5.74, 6) is 0. The molecule has 0 fully saturated rings. The smallest absolute Gasteiger partial charge is 0.0629 e. The van der Waals surface area contributed by atoms with Gasteiger partial charge in [0, 0.05) is 32.9 Å². The molecule has 0 unspecified atom stereocenters. The first-order valence-corrected chi connectivity index (χ1v) is 16.6. The van der Waals surface area contributed by atoms with E-state index in [9.17, 15) is 0 Å². The van der Waals surface area contributed by atoms with Crippen molar-refractivity contribution < 1.29 is 9.60 Å². The maximum absolute atomic E-state index is 8.52. The van der Waals surface area contributed by atoms with E-state index in [4.69, 9.17) is 9.60 Å². The normalized spacial score (nSPS) is 13.6. The third-order valence-corrected chi connectivity index (χ3v) is 9.68. The first-order valence-electron chi connectivity index (χ1n) is 20.1. The fourth-order valence-corrected chi connectivity index (χ4v) is 7.36. The van der Waals surface area contributed by atoms with Crippen molar-refractivity contribution in [3.63, 3.8) is 0 Å². The Balaban J connectivity index is 1.11. The van der Waals surface area contributed by atoms with E-state index in [0.717, 1.165) is 77.2 Å². The Labute approximate surface area is 300 Å². The van der Waals surface area contributed by atoms with Gasteiger partial charge < -0.3 is 9.13 Å². The quantitative estimate of drug-likeness (QED) is 0.177. The maximum atomic E-state index is 8.52. The molecule has 0 bridgehead atoms. The standard InChI is InChI=1S/C48H32N2/c1-3-12-33(13-4-1)35-22-26-39(27-23-35)49-45-20-9-7-18-41(45)43-31-37(24-28-47(43)49)38-25-29-48-44(32-38)42-19-8-10-21-46(42)50(48)40-17-11-16-36(30-40)34-14-5-2-6-15-34/h1-32H/i1D,3D,4D,7D,8D,12D,13D. The fraction of sp³-hybridized carbons (Fsp3) is 0. The molecule has 0 saturated carbocycles. The van der Waals surface area contributed by atoms with Gasteiger partial charge in [0.15, 0.2) is 0 Å². The Morgan fingerprint density at radius 2 is 0.820 bits per heavy atom. The second kappa shape index (κ2) is 11.5. The van der Waals surface area contributed by atoms with Gasteiger partial charge in [-0.3, -0.25) is 0 Å². The fourth-order valence-electron chi connectivity index (χ4n) is 7.36. The van der Waals surface area contributed by atoms with E-state index in [0.29, 0.717) is 17.6 Å². The summed E-state index contributed by atoms with van der Waals surface area (Å²) in [6.45, 7) is 0. The van der Waals surface area contributed by atoms with Gasteiger partial charge in [-0.15, -0.1) is 0 Å². The minimum absolute atomic E-state index is 0.165. The summed E-state index contributed by atoms with van der Waals surface area (Å²) in [5.41, 5.74) is 10.9. The number of para-hydroxylation sites is 2. The largest absolute Gasteiger partial charge is 0.309 e. The second-order valence-corrected chi connectivity index (χ2v) is 12.5. The average molecular weight is 644 g/mol. The van der Waals surface area contributed by atoms with E-state index < -0.39 is 6.04 Å². The van der Waals surface area contributed by atoms with Gasteiger partial charge in [0.2, 0.25) is 0 Å². The van der Waals surface area contributed by atoms with E-state index in [1.807, 2.05) is 48.5 Å². The van der Waals surface area contributed by atoms with Crippen molar-refractivity contribution in [1.82, 2.24) is 9.13 Å². The lowest BCUT2D eigenvalue weighted by Gasteiger charge is -2.11. The van der Waals surface area contributed by atoms with Crippen molar-refractivity contribution in [2.75, 3.05) is 0 Å². The summed E-state index contributed by atoms with van der Waals surface area (Å²) in [5, 5.41) is 3.98. The molecule has 0 N–H and O–H groups in total. The second-order valence-electron chi connectivity index (χ2n) is 12.5. The van der Waals surface area contributed by atoms with Crippen molar-refractivity contribution >= 4 is 43.6 Å². The first-order chi connectivity index (χ1) is 27.7. The van der Waals surface area contributed by atoms with Crippen LogP contribution in [0.5, 0.6) is 0 Å². The molecule has 2 heteroatoms. The highest BCUT2D eigenvalue weighted by Crippen LogP contribution is 2.39. The van der Waals surface area contributed by atoms with Gasteiger partial charge in [0.25, 0.3) is 0 Å². The average Bonchev–Trinajstić information content (AvgIpc) is 3.74. The Morgan fingerprint density at radius 1 is 0.300 bits per heavy atom. The lowest BCUT2D eigenvalue weighted by Crippen LogP contribution is -1.94. The molecule has 0 atom stereocenters. The van der Waals surface area contributed by atoms with Gasteiger partial charge >= 0.3 is 0 Å². The monoisotopic (exact) mass is 643 g/mol. The van der Waals surface area contributed by atoms with Crippen molar-refractivity contribution in [3.05, 3.63) is 194 Å². The molecule has 2 aromatic heterocycles. The molecule has 10 aromatic rings. The molecule has 50 heavy (non-hydrogen) atoms. The van der Waals surface area contributed by atoms with Crippen LogP contribution < -0.4 is 0 Å². The summed E-state index contributed by atoms with van der Waals surface area (Å²) in [4.78, 5) is 0. The van der Waals surface area contributed by atoms with Gasteiger partial charge in [-0.25, -0.2) is 0 Å². The molecule has 0 aliphatic rings. The number of aromatic nitrogens is 2. The van der Waals surface area contributed by atoms with Crippen LogP contribution in [0, 0.1) is 0 Å². The minimum Gasteiger partial charge on any atom is -0.309 e. The SMILES string of the molecule is [2H]c1ccc2c(c1)c1cc(-c3ccc4c(c3)c3cc([2H])ccc3n4-c3cccc(-c4ccccc4)c3)ccc1n2-c1ccc(-c2c([2H])c([2H])c([2H])c([2H])c2[2H])cc1. The van der Waals surface area contributed by atoms with Crippen LogP contribution in [0.2, 0.25) is 0 Å². The Morgan fingerprint density at radius 3 is 1.46 bits per heavy atom. The zero-order valence-corrected chi connectivity index (χ0v) is 26.8. The lowest BCUT2D eigenvalue weighted by atomic mass is 10.0. The van der Waals surface area contributed by atoms with Gasteiger partial charge in [-0.05, 0) is 94.0 Å². The van der Waals surface area contributed by atoms with Crippen LogP contribution in [-0.4, -0.2) is 9.13 Å². The molecule has 8 aromatic carbocycles. The maximum Gasteiger partial charge on any atom is 0.0629 e. The molecule has 10 rings (SSSR count). The third-order valence-electron chi connectivity index (χ3n) is 9.68. The molecule has 2 heterocycles. The van der Waals surface area contributed by atoms with Crippen molar-refractivity contribution in [2.45, 2.75) is 0 Å². The molecule has 0 saturated heterocycles. The predicted octanol–water partition coefficient (Wildman–Crippen LogP) is 12.9. The zero-order chi connectivity index (χ0) is 39.1. The summed E-state index contributed by atoms with van der Waals surface area (Å²) < 4.78 is 62.6.